The Morgan fingerprint density at radius 1 is 1.19 bits per heavy atom. The molecule has 3 aliphatic rings. The van der Waals surface area contributed by atoms with Gasteiger partial charge in [0.1, 0.15) is 0 Å². The van der Waals surface area contributed by atoms with Crippen molar-refractivity contribution in [2.75, 3.05) is 32.9 Å². The standard InChI is InChI=1S/C17H32N2O2/c1-2-14-3-7-19(16(11-14)13-18)15-4-8-21-17(12-15)5-9-20-10-6-17/h14-16H,2-13,18H2,1H3. The number of nitrogens with two attached hydrogens (primary N) is 1. The van der Waals surface area contributed by atoms with Crippen LogP contribution in [0.4, 0.5) is 0 Å². The van der Waals surface area contributed by atoms with Crippen molar-refractivity contribution >= 4 is 0 Å². The fourth-order valence-electron chi connectivity index (χ4n) is 4.61. The second-order valence-electron chi connectivity index (χ2n) is 7.22. The van der Waals surface area contributed by atoms with Crippen LogP contribution in [-0.4, -0.2) is 55.5 Å². The summed E-state index contributed by atoms with van der Waals surface area (Å²) < 4.78 is 11.7. The molecule has 3 unspecified atom stereocenters. The highest BCUT2D eigenvalue weighted by Crippen LogP contribution is 2.38. The van der Waals surface area contributed by atoms with Crippen molar-refractivity contribution in [3.8, 4) is 0 Å². The second kappa shape index (κ2) is 6.95. The van der Waals surface area contributed by atoms with Gasteiger partial charge in [-0.05, 0) is 51.0 Å². The van der Waals surface area contributed by atoms with E-state index in [2.05, 4.69) is 11.8 Å². The van der Waals surface area contributed by atoms with Gasteiger partial charge < -0.3 is 15.2 Å². The van der Waals surface area contributed by atoms with Crippen molar-refractivity contribution in [3.05, 3.63) is 0 Å². The number of hydrogen-bond acceptors (Lipinski definition) is 4. The normalized spacial score (nSPS) is 37.7. The molecule has 122 valence electrons. The van der Waals surface area contributed by atoms with Crippen LogP contribution in [0, 0.1) is 5.92 Å². The largest absolute Gasteiger partial charge is 0.381 e. The van der Waals surface area contributed by atoms with Gasteiger partial charge in [-0.15, -0.1) is 0 Å². The summed E-state index contributed by atoms with van der Waals surface area (Å²) in [5.74, 6) is 0.881. The lowest BCUT2D eigenvalue weighted by molar-refractivity contribution is -0.156. The lowest BCUT2D eigenvalue weighted by Gasteiger charge is -2.50. The smallest absolute Gasteiger partial charge is 0.0741 e. The van der Waals surface area contributed by atoms with Crippen LogP contribution in [0.2, 0.25) is 0 Å². The molecule has 0 aliphatic carbocycles. The monoisotopic (exact) mass is 296 g/mol. The summed E-state index contributed by atoms with van der Waals surface area (Å²) >= 11 is 0. The van der Waals surface area contributed by atoms with Gasteiger partial charge in [0.05, 0.1) is 5.60 Å². The molecular formula is C17H32N2O2. The van der Waals surface area contributed by atoms with Gasteiger partial charge in [-0.1, -0.05) is 13.3 Å². The summed E-state index contributed by atoms with van der Waals surface area (Å²) in [6.07, 6.45) is 8.45. The fourth-order valence-corrected chi connectivity index (χ4v) is 4.61. The molecule has 0 aromatic rings. The summed E-state index contributed by atoms with van der Waals surface area (Å²) in [6, 6.07) is 1.26. The quantitative estimate of drug-likeness (QED) is 0.867. The Morgan fingerprint density at radius 3 is 2.71 bits per heavy atom. The molecule has 3 aliphatic heterocycles. The molecule has 1 spiro atoms. The van der Waals surface area contributed by atoms with Crippen LogP contribution in [0.3, 0.4) is 0 Å². The van der Waals surface area contributed by atoms with Gasteiger partial charge in [-0.3, -0.25) is 4.90 Å². The van der Waals surface area contributed by atoms with Crippen molar-refractivity contribution in [1.82, 2.24) is 4.90 Å². The lowest BCUT2D eigenvalue weighted by Crippen LogP contribution is -2.57. The molecule has 4 heteroatoms. The molecule has 2 N–H and O–H groups in total. The second-order valence-corrected chi connectivity index (χ2v) is 7.22. The van der Waals surface area contributed by atoms with Gasteiger partial charge in [0.15, 0.2) is 0 Å². The summed E-state index contributed by atoms with van der Waals surface area (Å²) in [7, 11) is 0. The van der Waals surface area contributed by atoms with Crippen molar-refractivity contribution < 1.29 is 9.47 Å². The molecule has 4 nitrogen and oxygen atoms in total. The average molecular weight is 296 g/mol. The third-order valence-corrected chi connectivity index (χ3v) is 6.06. The predicted molar refractivity (Wildman–Crippen MR) is 84.3 cm³/mol. The van der Waals surface area contributed by atoms with E-state index in [0.717, 1.165) is 45.1 Å². The molecule has 3 heterocycles. The van der Waals surface area contributed by atoms with Crippen LogP contribution < -0.4 is 5.73 Å². The molecule has 3 fully saturated rings. The molecule has 0 saturated carbocycles. The number of nitrogens with zero attached hydrogens (tertiary/aromatic N) is 1. The van der Waals surface area contributed by atoms with Gasteiger partial charge in [-0.2, -0.15) is 0 Å². The van der Waals surface area contributed by atoms with Crippen LogP contribution >= 0.6 is 0 Å². The van der Waals surface area contributed by atoms with Gasteiger partial charge in [0.25, 0.3) is 0 Å². The Kier molecular flexibility index (Phi) is 5.20. The number of likely N-dealkylation sites (tertiary alicyclic amines) is 1. The van der Waals surface area contributed by atoms with E-state index in [9.17, 15) is 0 Å². The Hall–Kier alpha value is -0.160. The van der Waals surface area contributed by atoms with E-state index in [0.29, 0.717) is 12.1 Å². The van der Waals surface area contributed by atoms with Gasteiger partial charge >= 0.3 is 0 Å². The minimum absolute atomic E-state index is 0.0991. The van der Waals surface area contributed by atoms with Gasteiger partial charge in [-0.25, -0.2) is 0 Å². The highest BCUT2D eigenvalue weighted by Gasteiger charge is 2.42. The van der Waals surface area contributed by atoms with Crippen molar-refractivity contribution in [2.24, 2.45) is 11.7 Å². The molecule has 21 heavy (non-hydrogen) atoms. The third-order valence-electron chi connectivity index (χ3n) is 6.06. The lowest BCUT2D eigenvalue weighted by atomic mass is 9.81. The Bertz CT molecular complexity index is 325. The molecule has 3 rings (SSSR count). The first-order valence-corrected chi connectivity index (χ1v) is 8.94. The van der Waals surface area contributed by atoms with E-state index in [1.54, 1.807) is 0 Å². The zero-order valence-electron chi connectivity index (χ0n) is 13.6. The molecule has 0 bridgehead atoms. The van der Waals surface area contributed by atoms with E-state index in [4.69, 9.17) is 15.2 Å². The third kappa shape index (κ3) is 3.44. The summed E-state index contributed by atoms with van der Waals surface area (Å²) in [5.41, 5.74) is 6.19. The Labute approximate surface area is 129 Å². The zero-order valence-corrected chi connectivity index (χ0v) is 13.6. The molecule has 0 amide bonds. The van der Waals surface area contributed by atoms with Gasteiger partial charge in [0, 0.05) is 38.4 Å². The van der Waals surface area contributed by atoms with Crippen LogP contribution in [0.15, 0.2) is 0 Å². The highest BCUT2D eigenvalue weighted by molar-refractivity contribution is 4.95. The summed E-state index contributed by atoms with van der Waals surface area (Å²) in [4.78, 5) is 2.73. The van der Waals surface area contributed by atoms with E-state index < -0.39 is 0 Å². The highest BCUT2D eigenvalue weighted by atomic mass is 16.5. The number of hydrogen-bond donors (Lipinski definition) is 1. The maximum Gasteiger partial charge on any atom is 0.0741 e. The molecular weight excluding hydrogens is 264 g/mol. The van der Waals surface area contributed by atoms with Crippen molar-refractivity contribution in [3.63, 3.8) is 0 Å². The van der Waals surface area contributed by atoms with E-state index in [-0.39, 0.29) is 5.60 Å². The molecule has 0 radical (unpaired) electrons. The van der Waals surface area contributed by atoms with Crippen LogP contribution in [0.5, 0.6) is 0 Å². The summed E-state index contributed by atoms with van der Waals surface area (Å²) in [6.45, 7) is 7.01. The van der Waals surface area contributed by atoms with Crippen molar-refractivity contribution in [1.29, 1.82) is 0 Å². The Balaban J connectivity index is 1.64. The minimum atomic E-state index is 0.0991. The minimum Gasteiger partial charge on any atom is -0.381 e. The van der Waals surface area contributed by atoms with E-state index in [1.165, 1.54) is 38.6 Å². The first-order valence-electron chi connectivity index (χ1n) is 8.94. The molecule has 0 aromatic heterocycles. The number of ether oxygens (including phenoxy) is 2. The Morgan fingerprint density at radius 2 is 2.00 bits per heavy atom. The zero-order chi connectivity index (χ0) is 14.7. The SMILES string of the molecule is CCC1CCN(C2CCOC3(CCOCC3)C2)C(CN)C1. The predicted octanol–water partition coefficient (Wildman–Crippen LogP) is 2.16. The van der Waals surface area contributed by atoms with E-state index >= 15 is 0 Å². The number of rotatable bonds is 3. The topological polar surface area (TPSA) is 47.7 Å². The van der Waals surface area contributed by atoms with Crippen LogP contribution in [-0.2, 0) is 9.47 Å². The maximum absolute atomic E-state index is 6.20. The fraction of sp³-hybridized carbons (Fsp3) is 1.00. The molecule has 3 saturated heterocycles. The average Bonchev–Trinajstić information content (AvgIpc) is 2.55. The summed E-state index contributed by atoms with van der Waals surface area (Å²) in [5, 5.41) is 0. The molecule has 0 aromatic carbocycles. The van der Waals surface area contributed by atoms with Crippen LogP contribution in [0.25, 0.3) is 0 Å². The molecule has 3 atom stereocenters. The van der Waals surface area contributed by atoms with Crippen molar-refractivity contribution in [2.45, 2.75) is 69.6 Å². The maximum atomic E-state index is 6.20. The van der Waals surface area contributed by atoms with Crippen LogP contribution in [0.1, 0.15) is 51.9 Å². The van der Waals surface area contributed by atoms with E-state index in [1.807, 2.05) is 0 Å². The first kappa shape index (κ1) is 15.7. The van der Waals surface area contributed by atoms with Gasteiger partial charge in [0.2, 0.25) is 0 Å². The number of piperidine rings is 1. The first-order chi connectivity index (χ1) is 10.3.